The second kappa shape index (κ2) is 10.3. The Bertz CT molecular complexity index is 976. The smallest absolute Gasteiger partial charge is 0.336 e. The summed E-state index contributed by atoms with van der Waals surface area (Å²) in [5.41, 5.74) is 0.0376. The Hall–Kier alpha value is -3.48. The summed E-state index contributed by atoms with van der Waals surface area (Å²) < 4.78 is 0. The number of benzene rings is 2. The highest BCUT2D eigenvalue weighted by molar-refractivity contribution is 6.07. The molecule has 30 heavy (non-hydrogen) atoms. The summed E-state index contributed by atoms with van der Waals surface area (Å²) in [7, 11) is 0. The van der Waals surface area contributed by atoms with E-state index in [2.05, 4.69) is 6.92 Å². The number of carbonyl (C=O) groups excluding carboxylic acids is 1. The van der Waals surface area contributed by atoms with E-state index in [4.69, 9.17) is 5.11 Å². The normalized spacial score (nSPS) is 10.6. The minimum atomic E-state index is -1.39. The Balaban J connectivity index is 2.39. The van der Waals surface area contributed by atoms with Crippen LogP contribution in [0.3, 0.4) is 0 Å². The molecule has 0 saturated heterocycles. The van der Waals surface area contributed by atoms with Crippen LogP contribution >= 0.6 is 0 Å². The van der Waals surface area contributed by atoms with Gasteiger partial charge >= 0.3 is 17.9 Å². The number of ketones is 1. The van der Waals surface area contributed by atoms with E-state index in [1.807, 2.05) is 0 Å². The zero-order valence-electron chi connectivity index (χ0n) is 16.7. The number of aromatic carboxylic acids is 3. The molecule has 158 valence electrons. The lowest BCUT2D eigenvalue weighted by molar-refractivity contribution is 0.0651. The fraction of sp³-hybridized carbons (Fsp3) is 0.304. The first-order valence-electron chi connectivity index (χ1n) is 9.77. The lowest BCUT2D eigenvalue weighted by atomic mass is 9.93. The molecule has 2 rings (SSSR count). The Labute approximate surface area is 174 Å². The van der Waals surface area contributed by atoms with Gasteiger partial charge in [0.2, 0.25) is 0 Å². The summed E-state index contributed by atoms with van der Waals surface area (Å²) >= 11 is 0. The molecule has 0 bridgehead atoms. The van der Waals surface area contributed by atoms with E-state index in [1.54, 1.807) is 0 Å². The van der Waals surface area contributed by atoms with Crippen LogP contribution in [0.25, 0.3) is 11.1 Å². The zero-order chi connectivity index (χ0) is 22.3. The molecule has 0 radical (unpaired) electrons. The van der Waals surface area contributed by atoms with Gasteiger partial charge in [0.05, 0.1) is 16.7 Å². The van der Waals surface area contributed by atoms with Gasteiger partial charge in [0.15, 0.2) is 5.78 Å². The number of unbranched alkanes of at least 4 members (excludes halogenated alkanes) is 4. The molecule has 0 amide bonds. The van der Waals surface area contributed by atoms with Crippen LogP contribution in [0, 0.1) is 0 Å². The van der Waals surface area contributed by atoms with Crippen LogP contribution in [0.5, 0.6) is 0 Å². The van der Waals surface area contributed by atoms with E-state index >= 15 is 0 Å². The van der Waals surface area contributed by atoms with Gasteiger partial charge in [-0.25, -0.2) is 14.4 Å². The Morgan fingerprint density at radius 2 is 1.10 bits per heavy atom. The quantitative estimate of drug-likeness (QED) is 0.350. The van der Waals surface area contributed by atoms with Crippen molar-refractivity contribution in [3.05, 3.63) is 58.7 Å². The number of hydrogen-bond donors (Lipinski definition) is 3. The third kappa shape index (κ3) is 5.53. The zero-order valence-corrected chi connectivity index (χ0v) is 16.7. The van der Waals surface area contributed by atoms with E-state index in [0.717, 1.165) is 25.7 Å². The summed E-state index contributed by atoms with van der Waals surface area (Å²) in [5.74, 6) is -4.26. The first kappa shape index (κ1) is 22.8. The Morgan fingerprint density at radius 3 is 1.60 bits per heavy atom. The second-order valence-corrected chi connectivity index (χ2v) is 7.02. The molecule has 0 heterocycles. The summed E-state index contributed by atoms with van der Waals surface area (Å²) in [6, 6.07) is 8.04. The fourth-order valence-electron chi connectivity index (χ4n) is 3.25. The molecule has 0 unspecified atom stereocenters. The maximum Gasteiger partial charge on any atom is 0.336 e. The van der Waals surface area contributed by atoms with Crippen molar-refractivity contribution in [1.82, 2.24) is 0 Å². The molecular weight excluding hydrogens is 388 g/mol. The molecule has 0 saturated carbocycles. The van der Waals surface area contributed by atoms with E-state index in [0.29, 0.717) is 17.5 Å². The first-order valence-corrected chi connectivity index (χ1v) is 9.77. The van der Waals surface area contributed by atoms with Crippen LogP contribution in [0.15, 0.2) is 36.4 Å². The van der Waals surface area contributed by atoms with Gasteiger partial charge in [-0.3, -0.25) is 4.79 Å². The minimum Gasteiger partial charge on any atom is -0.478 e. The van der Waals surface area contributed by atoms with Gasteiger partial charge < -0.3 is 15.3 Å². The highest BCUT2D eigenvalue weighted by atomic mass is 16.4. The number of carboxylic acids is 3. The predicted octanol–water partition coefficient (Wildman–Crippen LogP) is 4.99. The van der Waals surface area contributed by atoms with Crippen molar-refractivity contribution in [3.8, 4) is 11.1 Å². The van der Waals surface area contributed by atoms with Gasteiger partial charge in [-0.1, -0.05) is 44.7 Å². The molecular formula is C23H24O7. The van der Waals surface area contributed by atoms with Crippen molar-refractivity contribution in [2.45, 2.75) is 45.4 Å². The molecule has 0 atom stereocenters. The van der Waals surface area contributed by atoms with Crippen molar-refractivity contribution in [3.63, 3.8) is 0 Å². The highest BCUT2D eigenvalue weighted by Gasteiger charge is 2.20. The van der Waals surface area contributed by atoms with Gasteiger partial charge in [-0.2, -0.15) is 0 Å². The van der Waals surface area contributed by atoms with Gasteiger partial charge in [-0.15, -0.1) is 0 Å². The van der Waals surface area contributed by atoms with Crippen molar-refractivity contribution >= 4 is 23.7 Å². The molecule has 0 spiro atoms. The Morgan fingerprint density at radius 1 is 0.633 bits per heavy atom. The summed E-state index contributed by atoms with van der Waals surface area (Å²) in [6.45, 7) is 2.09. The largest absolute Gasteiger partial charge is 0.478 e. The van der Waals surface area contributed by atoms with E-state index in [-0.39, 0.29) is 34.5 Å². The minimum absolute atomic E-state index is 0.0645. The molecule has 7 heteroatoms. The monoisotopic (exact) mass is 412 g/mol. The average molecular weight is 412 g/mol. The van der Waals surface area contributed by atoms with Crippen LogP contribution in [-0.4, -0.2) is 39.0 Å². The van der Waals surface area contributed by atoms with E-state index < -0.39 is 17.9 Å². The molecule has 3 N–H and O–H groups in total. The fourth-order valence-corrected chi connectivity index (χ4v) is 3.25. The van der Waals surface area contributed by atoms with E-state index in [1.165, 1.54) is 36.4 Å². The van der Waals surface area contributed by atoms with Crippen LogP contribution < -0.4 is 0 Å². The van der Waals surface area contributed by atoms with Crippen LogP contribution in [0.4, 0.5) is 0 Å². The van der Waals surface area contributed by atoms with E-state index in [9.17, 15) is 29.4 Å². The van der Waals surface area contributed by atoms with Gasteiger partial charge in [-0.05, 0) is 41.8 Å². The van der Waals surface area contributed by atoms with Crippen molar-refractivity contribution < 1.29 is 34.5 Å². The maximum atomic E-state index is 12.7. The molecule has 0 aliphatic carbocycles. The molecule has 0 aliphatic heterocycles. The van der Waals surface area contributed by atoms with Gasteiger partial charge in [0.1, 0.15) is 0 Å². The molecule has 0 aliphatic rings. The molecule has 2 aromatic carbocycles. The third-order valence-electron chi connectivity index (χ3n) is 4.87. The predicted molar refractivity (Wildman–Crippen MR) is 110 cm³/mol. The SMILES string of the molecule is CCCCCCCC(=O)c1cc(-c2ccc(C(=O)O)c(C(=O)O)c2)ccc1C(=O)O. The lowest BCUT2D eigenvalue weighted by Crippen LogP contribution is -2.10. The average Bonchev–Trinajstić information content (AvgIpc) is 2.72. The molecule has 0 fully saturated rings. The first-order chi connectivity index (χ1) is 14.3. The number of carboxylic acid groups (broad SMARTS) is 3. The van der Waals surface area contributed by atoms with Crippen molar-refractivity contribution in [1.29, 1.82) is 0 Å². The highest BCUT2D eigenvalue weighted by Crippen LogP contribution is 2.27. The number of Topliss-reactive ketones (excluding diaryl/α,β-unsaturated/α-hetero) is 1. The molecule has 0 aromatic heterocycles. The maximum absolute atomic E-state index is 12.7. The molecule has 2 aromatic rings. The summed E-state index contributed by atoms with van der Waals surface area (Å²) in [5, 5.41) is 27.9. The van der Waals surface area contributed by atoms with Gasteiger partial charge in [0, 0.05) is 12.0 Å². The summed E-state index contributed by atoms with van der Waals surface area (Å²) in [6.07, 6.45) is 4.97. The topological polar surface area (TPSA) is 129 Å². The number of hydrogen-bond acceptors (Lipinski definition) is 4. The number of rotatable bonds is 11. The third-order valence-corrected chi connectivity index (χ3v) is 4.87. The van der Waals surface area contributed by atoms with Gasteiger partial charge in [0.25, 0.3) is 0 Å². The number of carbonyl (C=O) groups is 4. The standard InChI is InChI=1S/C23H24O7/c1-2-3-4-5-6-7-20(24)18-12-14(8-10-16(18)21(25)26)15-9-11-17(22(27)28)19(13-15)23(29)30/h8-13H,2-7H2,1H3,(H,25,26)(H,27,28)(H,29,30). The van der Waals surface area contributed by atoms with Crippen LogP contribution in [0.2, 0.25) is 0 Å². The Kier molecular flexibility index (Phi) is 7.86. The van der Waals surface area contributed by atoms with Crippen molar-refractivity contribution in [2.75, 3.05) is 0 Å². The van der Waals surface area contributed by atoms with Crippen LogP contribution in [0.1, 0.15) is 86.9 Å². The second-order valence-electron chi connectivity index (χ2n) is 7.02. The van der Waals surface area contributed by atoms with Crippen molar-refractivity contribution in [2.24, 2.45) is 0 Å². The lowest BCUT2D eigenvalue weighted by Gasteiger charge is -2.10. The summed E-state index contributed by atoms with van der Waals surface area (Å²) in [4.78, 5) is 46.9. The molecule has 7 nitrogen and oxygen atoms in total. The van der Waals surface area contributed by atoms with Crippen LogP contribution in [-0.2, 0) is 0 Å².